The summed E-state index contributed by atoms with van der Waals surface area (Å²) in [6, 6.07) is 0. The number of fused-ring (bicyclic) bond motifs is 2. The van der Waals surface area contributed by atoms with Gasteiger partial charge in [-0.05, 0) is 19.3 Å². The van der Waals surface area contributed by atoms with Crippen LogP contribution in [0.3, 0.4) is 0 Å². The molecule has 0 spiro atoms. The maximum atomic E-state index is 11.0. The van der Waals surface area contributed by atoms with E-state index in [0.717, 1.165) is 12.0 Å². The maximum Gasteiger partial charge on any atom is 0.126 e. The van der Waals surface area contributed by atoms with Crippen LogP contribution < -0.4 is 0 Å². The van der Waals surface area contributed by atoms with Gasteiger partial charge in [0.15, 0.2) is 0 Å². The minimum Gasteiger partial charge on any atom is -0.369 e. The van der Waals surface area contributed by atoms with Gasteiger partial charge in [-0.2, -0.15) is 0 Å². The zero-order valence-corrected chi connectivity index (χ0v) is 9.52. The maximum absolute atomic E-state index is 11.0. The number of carbonyl (C=O) groups excluding carboxylic acids is 1. The van der Waals surface area contributed by atoms with E-state index < -0.39 is 0 Å². The molecule has 2 bridgehead atoms. The Kier molecular flexibility index (Phi) is 2.70. The molecule has 0 aromatic heterocycles. The fraction of sp³-hybridized carbons (Fsp3) is 0.714. The van der Waals surface area contributed by atoms with E-state index in [1.54, 1.807) is 0 Å². The summed E-state index contributed by atoms with van der Waals surface area (Å²) in [7, 11) is 0. The summed E-state index contributed by atoms with van der Waals surface area (Å²) in [4.78, 5) is 11.0. The second-order valence-corrected chi connectivity index (χ2v) is 5.27. The molecule has 0 radical (unpaired) electrons. The number of allylic oxidation sites excluding steroid dienone is 1. The van der Waals surface area contributed by atoms with Gasteiger partial charge in [-0.3, -0.25) is 0 Å². The standard InChI is InChI=1S/C14H18O2/c15-9-13-10-6-7-11(8-10)14(13)16-12-4-2-1-3-5-12/h6-7,10-12,14H,1-5,8H2. The second-order valence-electron chi connectivity index (χ2n) is 5.27. The molecule has 0 aromatic carbocycles. The Morgan fingerprint density at radius 3 is 2.75 bits per heavy atom. The number of hydrogen-bond acceptors (Lipinski definition) is 2. The Hall–Kier alpha value is -0.850. The molecule has 3 unspecified atom stereocenters. The van der Waals surface area contributed by atoms with Crippen LogP contribution in [0.15, 0.2) is 17.7 Å². The summed E-state index contributed by atoms with van der Waals surface area (Å²) in [5, 5.41) is 0. The van der Waals surface area contributed by atoms with Gasteiger partial charge in [-0.15, -0.1) is 0 Å². The van der Waals surface area contributed by atoms with Crippen molar-refractivity contribution in [3.8, 4) is 0 Å². The molecular formula is C14H18O2. The van der Waals surface area contributed by atoms with Crippen LogP contribution in [0.1, 0.15) is 38.5 Å². The molecule has 2 heteroatoms. The van der Waals surface area contributed by atoms with E-state index in [2.05, 4.69) is 18.1 Å². The van der Waals surface area contributed by atoms with Crippen molar-refractivity contribution in [2.75, 3.05) is 0 Å². The minimum absolute atomic E-state index is 0.0515. The van der Waals surface area contributed by atoms with Gasteiger partial charge in [0.2, 0.25) is 0 Å². The molecule has 0 saturated heterocycles. The first-order valence-corrected chi connectivity index (χ1v) is 6.47. The normalized spacial score (nSPS) is 38.0. The fourth-order valence-corrected chi connectivity index (χ4v) is 3.34. The molecule has 3 rings (SSSR count). The van der Waals surface area contributed by atoms with Gasteiger partial charge < -0.3 is 4.74 Å². The number of ether oxygens (including phenoxy) is 1. The highest BCUT2D eigenvalue weighted by molar-refractivity contribution is 5.59. The largest absolute Gasteiger partial charge is 0.369 e. The van der Waals surface area contributed by atoms with E-state index in [9.17, 15) is 4.79 Å². The minimum atomic E-state index is 0.0515. The van der Waals surface area contributed by atoms with Gasteiger partial charge in [0.1, 0.15) is 5.94 Å². The van der Waals surface area contributed by atoms with Gasteiger partial charge in [0, 0.05) is 17.4 Å². The predicted molar refractivity (Wildman–Crippen MR) is 61.7 cm³/mol. The molecule has 0 N–H and O–H groups in total. The number of rotatable bonds is 2. The average Bonchev–Trinajstić information content (AvgIpc) is 2.91. The molecule has 0 aliphatic heterocycles. The first-order valence-electron chi connectivity index (χ1n) is 6.47. The van der Waals surface area contributed by atoms with Crippen molar-refractivity contribution in [3.05, 3.63) is 17.7 Å². The van der Waals surface area contributed by atoms with E-state index in [1.807, 2.05) is 0 Å². The third kappa shape index (κ3) is 1.66. The zero-order valence-electron chi connectivity index (χ0n) is 9.52. The lowest BCUT2D eigenvalue weighted by molar-refractivity contribution is -0.0221. The van der Waals surface area contributed by atoms with E-state index in [0.29, 0.717) is 17.9 Å². The van der Waals surface area contributed by atoms with Crippen LogP contribution in [0.5, 0.6) is 0 Å². The van der Waals surface area contributed by atoms with Crippen LogP contribution in [0.25, 0.3) is 0 Å². The lowest BCUT2D eigenvalue weighted by Gasteiger charge is -2.28. The molecule has 2 fully saturated rings. The summed E-state index contributed by atoms with van der Waals surface area (Å²) in [5.74, 6) is 2.90. The van der Waals surface area contributed by atoms with E-state index in [-0.39, 0.29) is 6.10 Å². The van der Waals surface area contributed by atoms with Crippen LogP contribution in [-0.4, -0.2) is 18.1 Å². The molecule has 0 aromatic rings. The molecule has 3 aliphatic rings. The van der Waals surface area contributed by atoms with Crippen molar-refractivity contribution in [2.24, 2.45) is 11.8 Å². The van der Waals surface area contributed by atoms with Crippen LogP contribution >= 0.6 is 0 Å². The quantitative estimate of drug-likeness (QED) is 0.526. The number of hydrogen-bond donors (Lipinski definition) is 0. The molecule has 3 aliphatic carbocycles. The van der Waals surface area contributed by atoms with Crippen LogP contribution in [0, 0.1) is 11.8 Å². The first kappa shape index (κ1) is 10.3. The molecule has 16 heavy (non-hydrogen) atoms. The average molecular weight is 218 g/mol. The molecule has 2 saturated carbocycles. The summed E-state index contributed by atoms with van der Waals surface area (Å²) in [6.07, 6.45) is 12.1. The first-order chi connectivity index (χ1) is 7.88. The van der Waals surface area contributed by atoms with Crippen LogP contribution in [0.2, 0.25) is 0 Å². The molecular weight excluding hydrogens is 200 g/mol. The van der Waals surface area contributed by atoms with Crippen molar-refractivity contribution in [1.82, 2.24) is 0 Å². The Morgan fingerprint density at radius 1 is 1.19 bits per heavy atom. The summed E-state index contributed by atoms with van der Waals surface area (Å²) >= 11 is 0. The van der Waals surface area contributed by atoms with Crippen molar-refractivity contribution >= 4 is 5.94 Å². The van der Waals surface area contributed by atoms with Crippen molar-refractivity contribution in [2.45, 2.75) is 50.7 Å². The second kappa shape index (κ2) is 4.20. The lowest BCUT2D eigenvalue weighted by Crippen LogP contribution is -2.28. The Bertz CT molecular complexity index is 346. The van der Waals surface area contributed by atoms with Gasteiger partial charge in [-0.25, -0.2) is 4.79 Å². The molecule has 86 valence electrons. The van der Waals surface area contributed by atoms with Crippen molar-refractivity contribution in [1.29, 1.82) is 0 Å². The van der Waals surface area contributed by atoms with Crippen molar-refractivity contribution in [3.63, 3.8) is 0 Å². The van der Waals surface area contributed by atoms with Gasteiger partial charge >= 0.3 is 0 Å². The van der Waals surface area contributed by atoms with Crippen molar-refractivity contribution < 1.29 is 9.53 Å². The lowest BCUT2D eigenvalue weighted by atomic mass is 9.95. The monoisotopic (exact) mass is 218 g/mol. The van der Waals surface area contributed by atoms with E-state index in [1.165, 1.54) is 32.1 Å². The third-order valence-corrected chi connectivity index (χ3v) is 4.22. The zero-order chi connectivity index (χ0) is 11.0. The summed E-state index contributed by atoms with van der Waals surface area (Å²) < 4.78 is 6.14. The smallest absolute Gasteiger partial charge is 0.126 e. The topological polar surface area (TPSA) is 26.3 Å². The highest BCUT2D eigenvalue weighted by atomic mass is 16.5. The third-order valence-electron chi connectivity index (χ3n) is 4.22. The Labute approximate surface area is 96.4 Å². The molecule has 0 heterocycles. The highest BCUT2D eigenvalue weighted by Crippen LogP contribution is 2.44. The van der Waals surface area contributed by atoms with Gasteiger partial charge in [0.25, 0.3) is 0 Å². The fourth-order valence-electron chi connectivity index (χ4n) is 3.34. The summed E-state index contributed by atoms with van der Waals surface area (Å²) in [6.45, 7) is 0. The van der Waals surface area contributed by atoms with Gasteiger partial charge in [0.05, 0.1) is 12.2 Å². The van der Waals surface area contributed by atoms with Gasteiger partial charge in [-0.1, -0.05) is 31.4 Å². The SMILES string of the molecule is O=C=C1C2C=CC(C2)C1OC1CCCCC1. The Morgan fingerprint density at radius 2 is 2.00 bits per heavy atom. The molecule has 0 amide bonds. The molecule has 2 nitrogen and oxygen atoms in total. The van der Waals surface area contributed by atoms with Crippen LogP contribution in [-0.2, 0) is 9.53 Å². The van der Waals surface area contributed by atoms with E-state index >= 15 is 0 Å². The Balaban J connectivity index is 1.70. The summed E-state index contributed by atoms with van der Waals surface area (Å²) in [5.41, 5.74) is 0.873. The predicted octanol–water partition coefficient (Wildman–Crippen LogP) is 2.67. The highest BCUT2D eigenvalue weighted by Gasteiger charge is 2.43. The van der Waals surface area contributed by atoms with Crippen LogP contribution in [0.4, 0.5) is 0 Å². The van der Waals surface area contributed by atoms with E-state index in [4.69, 9.17) is 4.74 Å². The molecule has 3 atom stereocenters.